The summed E-state index contributed by atoms with van der Waals surface area (Å²) >= 11 is 0. The topological polar surface area (TPSA) is 0 Å². The summed E-state index contributed by atoms with van der Waals surface area (Å²) in [6.07, 6.45) is 0. The van der Waals surface area contributed by atoms with E-state index in [0.717, 1.165) is 0 Å². The lowest BCUT2D eigenvalue weighted by atomic mass is 9.71. The van der Waals surface area contributed by atoms with Gasteiger partial charge in [0.2, 0.25) is 0 Å². The van der Waals surface area contributed by atoms with Crippen LogP contribution in [-0.2, 0) is 0 Å². The Balaban J connectivity index is 2.13. The molecule has 0 N–H and O–H groups in total. The highest BCUT2D eigenvalue weighted by atomic mass is 14.3. The summed E-state index contributed by atoms with van der Waals surface area (Å²) in [6.45, 7) is 31.0. The minimum Gasteiger partial charge on any atom is -0.0586 e. The molecule has 0 aliphatic carbocycles. The van der Waals surface area contributed by atoms with Gasteiger partial charge in [-0.3, -0.25) is 0 Å². The molecule has 0 bridgehead atoms. The van der Waals surface area contributed by atoms with Crippen LogP contribution in [0.5, 0.6) is 0 Å². The maximum Gasteiger partial charge on any atom is -0.000772 e. The van der Waals surface area contributed by atoms with Crippen molar-refractivity contribution in [1.29, 1.82) is 0 Å². The zero-order valence-corrected chi connectivity index (χ0v) is 25.6. The standard InChI is InChI=1S/C38H40/c1-14(2)26-25(13)31-22(10)21(9)29-18(6)16(4)27-15(3)17(5)28-19(7)20(8)30-23(11)24(12)32(26)38-36(30)34(28)33(27)35(29)37(31)38/h14H,1-13H3. The number of hydrogen-bond acceptors (Lipinski definition) is 0. The van der Waals surface area contributed by atoms with Gasteiger partial charge in [0.05, 0.1) is 0 Å². The molecule has 0 aliphatic rings. The second-order valence-electron chi connectivity index (χ2n) is 12.9. The highest BCUT2D eigenvalue weighted by molar-refractivity contribution is 6.47. The van der Waals surface area contributed by atoms with Crippen LogP contribution >= 0.6 is 0 Å². The smallest absolute Gasteiger partial charge is 0.000772 e. The van der Waals surface area contributed by atoms with E-state index in [1.807, 2.05) is 0 Å². The van der Waals surface area contributed by atoms with Gasteiger partial charge in [-0.2, -0.15) is 0 Å². The quantitative estimate of drug-likeness (QED) is 0.157. The molecule has 0 saturated heterocycles. The molecule has 0 fully saturated rings. The largest absolute Gasteiger partial charge is 0.0586 e. The van der Waals surface area contributed by atoms with E-state index in [4.69, 9.17) is 0 Å². The fraction of sp³-hybridized carbons (Fsp3) is 0.368. The summed E-state index contributed by atoms with van der Waals surface area (Å²) in [6, 6.07) is 0. The molecule has 0 unspecified atom stereocenters. The van der Waals surface area contributed by atoms with Crippen LogP contribution in [0.2, 0.25) is 0 Å². The van der Waals surface area contributed by atoms with Crippen molar-refractivity contribution in [3.63, 3.8) is 0 Å². The Morgan fingerprint density at radius 2 is 0.421 bits per heavy atom. The van der Waals surface area contributed by atoms with Gasteiger partial charge in [-0.05, 0) is 213 Å². The Morgan fingerprint density at radius 3 is 0.658 bits per heavy atom. The van der Waals surface area contributed by atoms with Gasteiger partial charge >= 0.3 is 0 Å². The van der Waals surface area contributed by atoms with Crippen LogP contribution in [0, 0.1) is 76.2 Å². The van der Waals surface area contributed by atoms with Crippen LogP contribution in [0.3, 0.4) is 0 Å². The monoisotopic (exact) mass is 496 g/mol. The normalized spacial score (nSPS) is 13.1. The third-order valence-corrected chi connectivity index (χ3v) is 11.2. The van der Waals surface area contributed by atoms with Gasteiger partial charge < -0.3 is 0 Å². The third kappa shape index (κ3) is 2.29. The molecule has 7 rings (SSSR count). The van der Waals surface area contributed by atoms with Gasteiger partial charge in [0, 0.05) is 0 Å². The van der Waals surface area contributed by atoms with E-state index in [0.29, 0.717) is 5.92 Å². The molecule has 192 valence electrons. The van der Waals surface area contributed by atoms with E-state index in [-0.39, 0.29) is 0 Å². The number of rotatable bonds is 1. The van der Waals surface area contributed by atoms with Gasteiger partial charge in [-0.15, -0.1) is 0 Å². The average molecular weight is 497 g/mol. The predicted molar refractivity (Wildman–Crippen MR) is 171 cm³/mol. The van der Waals surface area contributed by atoms with E-state index < -0.39 is 0 Å². The molecule has 0 heterocycles. The predicted octanol–water partition coefficient (Wildman–Crippen LogP) is 11.4. The van der Waals surface area contributed by atoms with E-state index in [2.05, 4.69) is 90.0 Å². The van der Waals surface area contributed by atoms with Crippen LogP contribution in [0.4, 0.5) is 0 Å². The zero-order valence-electron chi connectivity index (χ0n) is 25.6. The highest BCUT2D eigenvalue weighted by Gasteiger charge is 2.31. The minimum atomic E-state index is 0.466. The molecule has 0 spiro atoms. The van der Waals surface area contributed by atoms with Crippen LogP contribution in [0.25, 0.3) is 64.6 Å². The molecule has 7 aromatic rings. The molecular formula is C38H40. The molecule has 0 aliphatic heterocycles. The molecule has 0 aromatic heterocycles. The zero-order chi connectivity index (χ0) is 27.4. The number of benzene rings is 7. The van der Waals surface area contributed by atoms with Crippen molar-refractivity contribution in [3.05, 3.63) is 66.8 Å². The molecule has 0 radical (unpaired) electrons. The summed E-state index contributed by atoms with van der Waals surface area (Å²) in [5.41, 5.74) is 17.7. The molecule has 0 amide bonds. The SMILES string of the molecule is Cc1c(C)c2c(C)c(C)c3c(C)c(C)c4c(C(C)C)c(C)c5c(C)c(C)c6c(C)c(C)c1c1c2c3c4c5c61. The Kier molecular flexibility index (Phi) is 4.47. The highest BCUT2D eigenvalue weighted by Crippen LogP contribution is 2.57. The molecule has 0 atom stereocenters. The Bertz CT molecular complexity index is 2110. The average Bonchev–Trinajstić information content (AvgIpc) is 2.86. The van der Waals surface area contributed by atoms with E-state index in [1.165, 1.54) is 126 Å². The molecule has 0 saturated carbocycles. The Labute approximate surface area is 227 Å². The maximum atomic E-state index is 2.41. The second kappa shape index (κ2) is 7.09. The van der Waals surface area contributed by atoms with Crippen LogP contribution in [0.1, 0.15) is 86.5 Å². The first-order valence-corrected chi connectivity index (χ1v) is 14.4. The second-order valence-corrected chi connectivity index (χ2v) is 12.9. The van der Waals surface area contributed by atoms with E-state index in [1.54, 1.807) is 5.56 Å². The Hall–Kier alpha value is -3.12. The summed E-state index contributed by atoms with van der Waals surface area (Å²) in [5, 5.41) is 18.2. The summed E-state index contributed by atoms with van der Waals surface area (Å²) in [5.74, 6) is 0.466. The van der Waals surface area contributed by atoms with Gasteiger partial charge in [-0.25, -0.2) is 0 Å². The van der Waals surface area contributed by atoms with Crippen molar-refractivity contribution in [2.24, 2.45) is 0 Å². The first kappa shape index (κ1) is 24.0. The lowest BCUT2D eigenvalue weighted by Crippen LogP contribution is -2.08. The van der Waals surface area contributed by atoms with Crippen molar-refractivity contribution in [2.45, 2.75) is 95.9 Å². The summed E-state index contributed by atoms with van der Waals surface area (Å²) < 4.78 is 0. The van der Waals surface area contributed by atoms with Gasteiger partial charge in [0.25, 0.3) is 0 Å². The summed E-state index contributed by atoms with van der Waals surface area (Å²) in [7, 11) is 0. The molecular weight excluding hydrogens is 456 g/mol. The van der Waals surface area contributed by atoms with Gasteiger partial charge in [0.1, 0.15) is 0 Å². The third-order valence-electron chi connectivity index (χ3n) is 11.2. The van der Waals surface area contributed by atoms with E-state index in [9.17, 15) is 0 Å². The van der Waals surface area contributed by atoms with Crippen molar-refractivity contribution < 1.29 is 0 Å². The van der Waals surface area contributed by atoms with Gasteiger partial charge in [0.15, 0.2) is 0 Å². The lowest BCUT2D eigenvalue weighted by Gasteiger charge is -2.32. The van der Waals surface area contributed by atoms with Crippen LogP contribution in [-0.4, -0.2) is 0 Å². The van der Waals surface area contributed by atoms with Crippen LogP contribution in [0.15, 0.2) is 0 Å². The maximum absolute atomic E-state index is 2.41. The van der Waals surface area contributed by atoms with Crippen molar-refractivity contribution >= 4 is 64.6 Å². The summed E-state index contributed by atoms with van der Waals surface area (Å²) in [4.78, 5) is 0. The number of hydrogen-bond donors (Lipinski definition) is 0. The fourth-order valence-corrected chi connectivity index (χ4v) is 8.97. The van der Waals surface area contributed by atoms with Crippen molar-refractivity contribution in [3.8, 4) is 0 Å². The first-order valence-electron chi connectivity index (χ1n) is 14.4. The lowest BCUT2D eigenvalue weighted by molar-refractivity contribution is 0.868. The van der Waals surface area contributed by atoms with Crippen LogP contribution < -0.4 is 0 Å². The van der Waals surface area contributed by atoms with E-state index >= 15 is 0 Å². The fourth-order valence-electron chi connectivity index (χ4n) is 8.97. The number of aryl methyl sites for hydroxylation is 11. The molecule has 38 heavy (non-hydrogen) atoms. The van der Waals surface area contributed by atoms with Crippen molar-refractivity contribution in [1.82, 2.24) is 0 Å². The molecule has 7 aromatic carbocycles. The van der Waals surface area contributed by atoms with Gasteiger partial charge in [-0.1, -0.05) is 13.8 Å². The molecule has 0 nitrogen and oxygen atoms in total. The Morgan fingerprint density at radius 1 is 0.237 bits per heavy atom. The minimum absolute atomic E-state index is 0.466. The molecule has 0 heteroatoms. The first-order chi connectivity index (χ1) is 17.8. The van der Waals surface area contributed by atoms with Crippen molar-refractivity contribution in [2.75, 3.05) is 0 Å².